The highest BCUT2D eigenvalue weighted by Crippen LogP contribution is 2.23. The van der Waals surface area contributed by atoms with Gasteiger partial charge in [-0.2, -0.15) is 0 Å². The average molecular weight is 292 g/mol. The molecule has 0 saturated heterocycles. The van der Waals surface area contributed by atoms with E-state index >= 15 is 0 Å². The zero-order valence-corrected chi connectivity index (χ0v) is 12.8. The fourth-order valence-corrected chi connectivity index (χ4v) is 2.07. The van der Waals surface area contributed by atoms with Crippen LogP contribution in [0.5, 0.6) is 0 Å². The summed E-state index contributed by atoms with van der Waals surface area (Å²) in [6.07, 6.45) is 4.11. The second kappa shape index (κ2) is 8.24. The van der Waals surface area contributed by atoms with E-state index in [-0.39, 0.29) is 11.4 Å². The fraction of sp³-hybridized carbons (Fsp3) is 0.533. The molecule has 1 aromatic rings. The molecule has 0 spiro atoms. The maximum atomic E-state index is 11.0. The average Bonchev–Trinajstić information content (AvgIpc) is 2.47. The van der Waals surface area contributed by atoms with E-state index in [1.807, 2.05) is 4.90 Å². The van der Waals surface area contributed by atoms with E-state index in [1.54, 1.807) is 6.07 Å². The summed E-state index contributed by atoms with van der Waals surface area (Å²) < 4.78 is 0. The summed E-state index contributed by atoms with van der Waals surface area (Å²) in [7, 11) is 0. The molecule has 1 rings (SSSR count). The van der Waals surface area contributed by atoms with Gasteiger partial charge in [0, 0.05) is 24.7 Å². The number of nitrogens with one attached hydrogen (secondary N) is 1. The van der Waals surface area contributed by atoms with Gasteiger partial charge in [0.2, 0.25) is 0 Å². The molecule has 0 unspecified atom stereocenters. The monoisotopic (exact) mass is 292 g/mol. The van der Waals surface area contributed by atoms with Gasteiger partial charge in [-0.1, -0.05) is 26.7 Å². The van der Waals surface area contributed by atoms with Gasteiger partial charge in [-0.15, -0.1) is 0 Å². The van der Waals surface area contributed by atoms with Crippen LogP contribution >= 0.6 is 0 Å². The summed E-state index contributed by atoms with van der Waals surface area (Å²) >= 11 is 0. The van der Waals surface area contributed by atoms with E-state index < -0.39 is 4.92 Å². The summed E-state index contributed by atoms with van der Waals surface area (Å²) in [5.74, 6) is 0.333. The van der Waals surface area contributed by atoms with Crippen LogP contribution in [0.1, 0.15) is 45.1 Å². The molecule has 0 fully saturated rings. The van der Waals surface area contributed by atoms with Gasteiger partial charge >= 0.3 is 0 Å². The second-order valence-electron chi connectivity index (χ2n) is 5.07. The second-order valence-corrected chi connectivity index (χ2v) is 5.07. The maximum Gasteiger partial charge on any atom is 0.292 e. The van der Waals surface area contributed by atoms with Crippen LogP contribution in [-0.4, -0.2) is 28.7 Å². The largest absolute Gasteiger partial charge is 0.393 e. The lowest BCUT2D eigenvalue weighted by Crippen LogP contribution is -2.33. The summed E-state index contributed by atoms with van der Waals surface area (Å²) in [4.78, 5) is 12.4. The van der Waals surface area contributed by atoms with E-state index in [1.165, 1.54) is 12.1 Å². The van der Waals surface area contributed by atoms with E-state index in [9.17, 15) is 10.1 Å². The third-order valence-corrected chi connectivity index (χ3v) is 3.38. The Morgan fingerprint density at radius 2 is 1.86 bits per heavy atom. The number of amidine groups is 1. The Bertz CT molecular complexity index is 494. The molecule has 0 amide bonds. The molecule has 1 aromatic carbocycles. The fourth-order valence-electron chi connectivity index (χ4n) is 2.07. The lowest BCUT2D eigenvalue weighted by molar-refractivity contribution is -0.383. The van der Waals surface area contributed by atoms with Crippen molar-refractivity contribution in [3.05, 3.63) is 33.9 Å². The molecule has 0 heterocycles. The van der Waals surface area contributed by atoms with Gasteiger partial charge in [-0.05, 0) is 25.0 Å². The van der Waals surface area contributed by atoms with Crippen LogP contribution in [0.25, 0.3) is 0 Å². The third-order valence-electron chi connectivity index (χ3n) is 3.38. The molecule has 21 heavy (non-hydrogen) atoms. The Balaban J connectivity index is 2.96. The van der Waals surface area contributed by atoms with Crippen molar-refractivity contribution in [2.24, 2.45) is 0 Å². The first-order valence-electron chi connectivity index (χ1n) is 7.39. The summed E-state index contributed by atoms with van der Waals surface area (Å²) in [5, 5.41) is 19.3. The molecule has 0 aliphatic rings. The van der Waals surface area contributed by atoms with Crippen LogP contribution in [0.15, 0.2) is 18.2 Å². The number of rotatable bonds is 8. The van der Waals surface area contributed by atoms with Crippen molar-refractivity contribution in [1.82, 2.24) is 4.90 Å². The minimum Gasteiger partial charge on any atom is -0.393 e. The third kappa shape index (κ3) is 4.73. The summed E-state index contributed by atoms with van der Waals surface area (Å²) in [6, 6.07) is 4.57. The highest BCUT2D eigenvalue weighted by Gasteiger charge is 2.17. The first-order chi connectivity index (χ1) is 10.0. The number of benzene rings is 1. The molecule has 0 aliphatic heterocycles. The predicted molar refractivity (Wildman–Crippen MR) is 85.7 cm³/mol. The van der Waals surface area contributed by atoms with Gasteiger partial charge < -0.3 is 10.6 Å². The topological polar surface area (TPSA) is 96.2 Å². The van der Waals surface area contributed by atoms with Crippen molar-refractivity contribution in [2.45, 2.75) is 39.5 Å². The van der Waals surface area contributed by atoms with Crippen LogP contribution in [0.4, 0.5) is 11.4 Å². The number of nitro benzene ring substituents is 1. The van der Waals surface area contributed by atoms with E-state index in [2.05, 4.69) is 13.8 Å². The molecule has 0 aliphatic carbocycles. The van der Waals surface area contributed by atoms with Gasteiger partial charge in [0.05, 0.1) is 4.92 Å². The lowest BCUT2D eigenvalue weighted by atomic mass is 10.1. The molecule has 6 heteroatoms. The number of nitro groups is 1. The van der Waals surface area contributed by atoms with Crippen LogP contribution in [0.3, 0.4) is 0 Å². The Hall–Kier alpha value is -2.11. The van der Waals surface area contributed by atoms with Crippen molar-refractivity contribution in [3.8, 4) is 0 Å². The van der Waals surface area contributed by atoms with Gasteiger partial charge in [0.15, 0.2) is 0 Å². The number of anilines is 1. The number of unbranched alkanes of at least 4 members (excludes halogenated alkanes) is 2. The number of nitrogen functional groups attached to an aromatic ring is 1. The number of nitrogens with zero attached hydrogens (tertiary/aromatic N) is 2. The van der Waals surface area contributed by atoms with Crippen molar-refractivity contribution >= 4 is 17.2 Å². The summed E-state index contributed by atoms with van der Waals surface area (Å²) in [6.45, 7) is 5.81. The standard InChI is InChI=1S/C15H24N4O2/c1-3-5-9-18(10-6-4-2)15(17)12-7-8-13(16)14(11-12)19(20)21/h7-8,11,17H,3-6,9-10,16H2,1-2H3. The van der Waals surface area contributed by atoms with Gasteiger partial charge in [-0.25, -0.2) is 0 Å². The Kier molecular flexibility index (Phi) is 6.65. The molecule has 3 N–H and O–H groups in total. The first-order valence-corrected chi connectivity index (χ1v) is 7.39. The van der Waals surface area contributed by atoms with Crippen LogP contribution in [0, 0.1) is 15.5 Å². The van der Waals surface area contributed by atoms with Gasteiger partial charge in [-0.3, -0.25) is 15.5 Å². The molecule has 0 saturated carbocycles. The van der Waals surface area contributed by atoms with Crippen molar-refractivity contribution in [3.63, 3.8) is 0 Å². The first kappa shape index (κ1) is 16.9. The number of hydrogen-bond acceptors (Lipinski definition) is 4. The van der Waals surface area contributed by atoms with Gasteiger partial charge in [0.25, 0.3) is 5.69 Å². The summed E-state index contributed by atoms with van der Waals surface area (Å²) in [5.41, 5.74) is 6.14. The van der Waals surface area contributed by atoms with Crippen molar-refractivity contribution in [1.29, 1.82) is 5.41 Å². The van der Waals surface area contributed by atoms with E-state index in [0.29, 0.717) is 11.4 Å². The smallest absolute Gasteiger partial charge is 0.292 e. The molecular weight excluding hydrogens is 268 g/mol. The molecule has 0 bridgehead atoms. The predicted octanol–water partition coefficient (Wildman–Crippen LogP) is 3.40. The Labute approximate surface area is 125 Å². The minimum atomic E-state index is -0.505. The maximum absolute atomic E-state index is 11.0. The highest BCUT2D eigenvalue weighted by molar-refractivity contribution is 5.97. The lowest BCUT2D eigenvalue weighted by Gasteiger charge is -2.25. The van der Waals surface area contributed by atoms with Crippen molar-refractivity contribution < 1.29 is 4.92 Å². The Morgan fingerprint density at radius 3 is 2.33 bits per heavy atom. The SMILES string of the molecule is CCCCN(CCCC)C(=N)c1ccc(N)c([N+](=O)[O-])c1. The highest BCUT2D eigenvalue weighted by atomic mass is 16.6. The minimum absolute atomic E-state index is 0.130. The number of nitrogens with two attached hydrogens (primary N) is 1. The van der Waals surface area contributed by atoms with E-state index in [0.717, 1.165) is 38.8 Å². The molecule has 0 aromatic heterocycles. The molecular formula is C15H24N4O2. The zero-order valence-electron chi connectivity index (χ0n) is 12.8. The van der Waals surface area contributed by atoms with Crippen LogP contribution in [0.2, 0.25) is 0 Å². The zero-order chi connectivity index (χ0) is 15.8. The molecule has 0 radical (unpaired) electrons. The van der Waals surface area contributed by atoms with Crippen LogP contribution < -0.4 is 5.73 Å². The molecule has 116 valence electrons. The van der Waals surface area contributed by atoms with Crippen molar-refractivity contribution in [2.75, 3.05) is 18.8 Å². The molecule has 6 nitrogen and oxygen atoms in total. The van der Waals surface area contributed by atoms with Crippen LogP contribution in [-0.2, 0) is 0 Å². The molecule has 0 atom stereocenters. The number of hydrogen-bond donors (Lipinski definition) is 2. The Morgan fingerprint density at radius 1 is 1.29 bits per heavy atom. The normalized spacial score (nSPS) is 10.4. The van der Waals surface area contributed by atoms with E-state index in [4.69, 9.17) is 11.1 Å². The quantitative estimate of drug-likeness (QED) is 0.252. The van der Waals surface area contributed by atoms with Gasteiger partial charge in [0.1, 0.15) is 11.5 Å².